The number of thiocarbonyl (C=S) groups is 1. The highest BCUT2D eigenvalue weighted by atomic mass is 32.1. The molecule has 0 radical (unpaired) electrons. The van der Waals surface area contributed by atoms with Gasteiger partial charge in [0.25, 0.3) is 0 Å². The number of aryl methyl sites for hydroxylation is 1. The predicted molar refractivity (Wildman–Crippen MR) is 148 cm³/mol. The Morgan fingerprint density at radius 1 is 0.861 bits per heavy atom. The van der Waals surface area contributed by atoms with Crippen molar-refractivity contribution in [3.05, 3.63) is 126 Å². The molecule has 1 aliphatic heterocycles. The molecule has 1 N–H and O–H groups in total. The molecule has 6 heteroatoms. The quantitative estimate of drug-likeness (QED) is 0.297. The SMILES string of the molecule is Cc1cc(C2C(c3ccccn3)NC(=S)N2Cc2ccccn2)c(C)n1-c1cccc2ccccc12. The Balaban J connectivity index is 1.50. The third kappa shape index (κ3) is 3.84. The molecular weight excluding hydrogens is 462 g/mol. The van der Waals surface area contributed by atoms with Gasteiger partial charge in [-0.05, 0) is 73.4 Å². The van der Waals surface area contributed by atoms with Crippen molar-refractivity contribution >= 4 is 28.1 Å². The van der Waals surface area contributed by atoms with Gasteiger partial charge in [-0.2, -0.15) is 0 Å². The fourth-order valence-electron chi connectivity index (χ4n) is 5.44. The minimum atomic E-state index is -0.0659. The van der Waals surface area contributed by atoms with Crippen molar-refractivity contribution < 1.29 is 0 Å². The van der Waals surface area contributed by atoms with Crippen molar-refractivity contribution in [2.24, 2.45) is 0 Å². The van der Waals surface area contributed by atoms with E-state index in [-0.39, 0.29) is 12.1 Å². The van der Waals surface area contributed by atoms with Crippen LogP contribution in [0.25, 0.3) is 16.5 Å². The summed E-state index contributed by atoms with van der Waals surface area (Å²) in [6, 6.07) is 29.3. The lowest BCUT2D eigenvalue weighted by Crippen LogP contribution is -2.29. The number of nitrogens with zero attached hydrogens (tertiary/aromatic N) is 4. The van der Waals surface area contributed by atoms with E-state index in [0.717, 1.165) is 16.5 Å². The van der Waals surface area contributed by atoms with Crippen molar-refractivity contribution in [2.45, 2.75) is 32.5 Å². The molecule has 0 bridgehead atoms. The lowest BCUT2D eigenvalue weighted by molar-refractivity contribution is 0.307. The fourth-order valence-corrected chi connectivity index (χ4v) is 5.75. The first-order valence-corrected chi connectivity index (χ1v) is 12.6. The number of hydrogen-bond acceptors (Lipinski definition) is 3. The highest BCUT2D eigenvalue weighted by Gasteiger charge is 2.41. The monoisotopic (exact) mass is 489 g/mol. The summed E-state index contributed by atoms with van der Waals surface area (Å²) in [6.45, 7) is 5.01. The Kier molecular flexibility index (Phi) is 5.74. The number of rotatable bonds is 5. The maximum atomic E-state index is 5.89. The first kappa shape index (κ1) is 22.4. The van der Waals surface area contributed by atoms with Crippen LogP contribution in [0.1, 0.15) is 40.4 Å². The summed E-state index contributed by atoms with van der Waals surface area (Å²) in [6.07, 6.45) is 3.68. The molecular formula is C30H27N5S. The maximum absolute atomic E-state index is 5.89. The number of hydrogen-bond donors (Lipinski definition) is 1. The average Bonchev–Trinajstić information content (AvgIpc) is 3.39. The molecule has 1 saturated heterocycles. The van der Waals surface area contributed by atoms with Gasteiger partial charge in [0.15, 0.2) is 5.11 Å². The van der Waals surface area contributed by atoms with Gasteiger partial charge in [-0.1, -0.05) is 48.5 Å². The van der Waals surface area contributed by atoms with Gasteiger partial charge in [0.2, 0.25) is 0 Å². The van der Waals surface area contributed by atoms with Crippen LogP contribution >= 0.6 is 12.2 Å². The Labute approximate surface area is 216 Å². The molecule has 6 rings (SSSR count). The van der Waals surface area contributed by atoms with E-state index in [9.17, 15) is 0 Å². The van der Waals surface area contributed by atoms with Crippen LogP contribution in [0.3, 0.4) is 0 Å². The highest BCUT2D eigenvalue weighted by Crippen LogP contribution is 2.42. The van der Waals surface area contributed by atoms with Gasteiger partial charge >= 0.3 is 0 Å². The fraction of sp³-hybridized carbons (Fsp3) is 0.167. The second-order valence-corrected chi connectivity index (χ2v) is 9.62. The molecule has 178 valence electrons. The number of nitrogens with one attached hydrogen (secondary N) is 1. The van der Waals surface area contributed by atoms with Gasteiger partial charge in [0.1, 0.15) is 0 Å². The Morgan fingerprint density at radius 2 is 1.61 bits per heavy atom. The van der Waals surface area contributed by atoms with E-state index in [2.05, 4.69) is 88.2 Å². The molecule has 3 aromatic heterocycles. The molecule has 1 aliphatic rings. The van der Waals surface area contributed by atoms with Crippen molar-refractivity contribution in [1.82, 2.24) is 24.8 Å². The van der Waals surface area contributed by atoms with Crippen LogP contribution in [-0.4, -0.2) is 24.5 Å². The van der Waals surface area contributed by atoms with E-state index < -0.39 is 0 Å². The van der Waals surface area contributed by atoms with Crippen LogP contribution in [0.4, 0.5) is 0 Å². The van der Waals surface area contributed by atoms with E-state index in [1.807, 2.05) is 42.7 Å². The number of benzene rings is 2. The van der Waals surface area contributed by atoms with Crippen LogP contribution < -0.4 is 5.32 Å². The summed E-state index contributed by atoms with van der Waals surface area (Å²) in [7, 11) is 0. The average molecular weight is 490 g/mol. The first-order valence-electron chi connectivity index (χ1n) is 12.2. The standard InChI is InChI=1S/C30H27N5S/c1-20-18-25(21(2)35(20)27-15-9-11-22-10-3-4-13-24(22)27)29-28(26-14-6-8-17-32-26)33-30(36)34(29)19-23-12-5-7-16-31-23/h3-18,28-29H,19H2,1-2H3,(H,33,36). The lowest BCUT2D eigenvalue weighted by Gasteiger charge is -2.28. The minimum absolute atomic E-state index is 0.0238. The van der Waals surface area contributed by atoms with Crippen molar-refractivity contribution in [3.8, 4) is 5.69 Å². The van der Waals surface area contributed by atoms with E-state index in [1.165, 1.54) is 33.4 Å². The molecule has 2 unspecified atom stereocenters. The summed E-state index contributed by atoms with van der Waals surface area (Å²) in [5.74, 6) is 0. The molecule has 0 amide bonds. The van der Waals surface area contributed by atoms with Gasteiger partial charge in [0.05, 0.1) is 35.7 Å². The molecule has 5 nitrogen and oxygen atoms in total. The predicted octanol–water partition coefficient (Wildman–Crippen LogP) is 6.21. The molecule has 2 atom stereocenters. The van der Waals surface area contributed by atoms with Gasteiger partial charge in [-0.15, -0.1) is 0 Å². The summed E-state index contributed by atoms with van der Waals surface area (Å²) < 4.78 is 2.37. The second kappa shape index (κ2) is 9.21. The molecule has 0 aliphatic carbocycles. The van der Waals surface area contributed by atoms with Gasteiger partial charge in [-0.3, -0.25) is 9.97 Å². The summed E-state index contributed by atoms with van der Waals surface area (Å²) in [4.78, 5) is 11.5. The maximum Gasteiger partial charge on any atom is 0.170 e. The smallest absolute Gasteiger partial charge is 0.170 e. The molecule has 0 spiro atoms. The third-order valence-electron chi connectivity index (χ3n) is 7.05. The zero-order chi connectivity index (χ0) is 24.6. The van der Waals surface area contributed by atoms with E-state index >= 15 is 0 Å². The van der Waals surface area contributed by atoms with Crippen molar-refractivity contribution in [3.63, 3.8) is 0 Å². The third-order valence-corrected chi connectivity index (χ3v) is 7.41. The zero-order valence-corrected chi connectivity index (χ0v) is 21.1. The van der Waals surface area contributed by atoms with Crippen molar-refractivity contribution in [1.29, 1.82) is 0 Å². The van der Waals surface area contributed by atoms with E-state index in [4.69, 9.17) is 17.2 Å². The minimum Gasteiger partial charge on any atom is -0.352 e. The Bertz CT molecular complexity index is 1540. The van der Waals surface area contributed by atoms with Gasteiger partial charge in [0, 0.05) is 29.2 Å². The van der Waals surface area contributed by atoms with Gasteiger partial charge < -0.3 is 14.8 Å². The van der Waals surface area contributed by atoms with Crippen LogP contribution in [-0.2, 0) is 6.54 Å². The van der Waals surface area contributed by atoms with E-state index in [1.54, 1.807) is 0 Å². The summed E-state index contributed by atoms with van der Waals surface area (Å²) >= 11 is 5.89. The Hall–Kier alpha value is -4.03. The largest absolute Gasteiger partial charge is 0.352 e. The van der Waals surface area contributed by atoms with Crippen LogP contribution in [0.2, 0.25) is 0 Å². The summed E-state index contributed by atoms with van der Waals surface area (Å²) in [5.41, 5.74) is 6.77. The summed E-state index contributed by atoms with van der Waals surface area (Å²) in [5, 5.41) is 6.76. The Morgan fingerprint density at radius 3 is 2.39 bits per heavy atom. The molecule has 4 heterocycles. The molecule has 0 saturated carbocycles. The normalized spacial score (nSPS) is 17.5. The number of fused-ring (bicyclic) bond motifs is 1. The first-order chi connectivity index (χ1) is 17.6. The number of pyridine rings is 2. The topological polar surface area (TPSA) is 46.0 Å². The van der Waals surface area contributed by atoms with Gasteiger partial charge in [-0.25, -0.2) is 0 Å². The zero-order valence-electron chi connectivity index (χ0n) is 20.3. The molecule has 1 fully saturated rings. The van der Waals surface area contributed by atoms with Crippen LogP contribution in [0.15, 0.2) is 97.3 Å². The van der Waals surface area contributed by atoms with Crippen LogP contribution in [0.5, 0.6) is 0 Å². The highest BCUT2D eigenvalue weighted by molar-refractivity contribution is 7.80. The lowest BCUT2D eigenvalue weighted by atomic mass is 9.96. The number of aromatic nitrogens is 3. The molecule has 36 heavy (non-hydrogen) atoms. The second-order valence-electron chi connectivity index (χ2n) is 9.24. The molecule has 5 aromatic rings. The van der Waals surface area contributed by atoms with Crippen LogP contribution in [0, 0.1) is 13.8 Å². The van der Waals surface area contributed by atoms with Crippen molar-refractivity contribution in [2.75, 3.05) is 0 Å². The molecule has 2 aromatic carbocycles. The van der Waals surface area contributed by atoms with E-state index in [0.29, 0.717) is 6.54 Å².